The molecule has 6 nitrogen and oxygen atoms in total. The zero-order valence-corrected chi connectivity index (χ0v) is 11.9. The highest BCUT2D eigenvalue weighted by atomic mass is 32.2. The molecule has 0 N–H and O–H groups in total. The van der Waals surface area contributed by atoms with E-state index in [0.717, 1.165) is 5.52 Å². The van der Waals surface area contributed by atoms with Crippen molar-refractivity contribution in [2.45, 2.75) is 17.8 Å². The molecule has 3 aromatic heterocycles. The van der Waals surface area contributed by atoms with Crippen molar-refractivity contribution in [2.75, 3.05) is 0 Å². The molecule has 0 aliphatic carbocycles. The summed E-state index contributed by atoms with van der Waals surface area (Å²) in [6, 6.07) is 1.85. The summed E-state index contributed by atoms with van der Waals surface area (Å²) < 4.78 is 7.14. The molecule has 3 aromatic rings. The molecule has 0 saturated carbocycles. The summed E-state index contributed by atoms with van der Waals surface area (Å²) in [6.07, 6.45) is 0. The van der Waals surface area contributed by atoms with Gasteiger partial charge in [0, 0.05) is 14.0 Å². The van der Waals surface area contributed by atoms with Crippen LogP contribution in [0, 0.1) is 6.92 Å². The number of thioether (sulfide) groups is 1. The van der Waals surface area contributed by atoms with E-state index in [-0.39, 0.29) is 5.56 Å². The number of rotatable bonds is 3. The van der Waals surface area contributed by atoms with Crippen LogP contribution in [0.1, 0.15) is 11.7 Å². The zero-order chi connectivity index (χ0) is 13.4. The van der Waals surface area contributed by atoms with Crippen molar-refractivity contribution in [3.05, 3.63) is 33.5 Å². The van der Waals surface area contributed by atoms with Crippen molar-refractivity contribution >= 4 is 33.3 Å². The van der Waals surface area contributed by atoms with Gasteiger partial charge in [0.2, 0.25) is 5.89 Å². The lowest BCUT2D eigenvalue weighted by atomic mass is 10.5. The Morgan fingerprint density at radius 3 is 3.05 bits per heavy atom. The van der Waals surface area contributed by atoms with Gasteiger partial charge in [-0.1, -0.05) is 16.9 Å². The number of fused-ring (bicyclic) bond motifs is 1. The first-order chi connectivity index (χ1) is 9.15. The maximum Gasteiger partial charge on any atom is 0.271 e. The third kappa shape index (κ3) is 2.28. The SMILES string of the molecule is Cc1nc(CSc2nc3ccsc3c(=O)n2C)no1. The Balaban J connectivity index is 1.92. The first kappa shape index (κ1) is 12.4. The van der Waals surface area contributed by atoms with Crippen LogP contribution in [0.4, 0.5) is 0 Å². The predicted molar refractivity (Wildman–Crippen MR) is 73.5 cm³/mol. The lowest BCUT2D eigenvalue weighted by molar-refractivity contribution is 0.389. The van der Waals surface area contributed by atoms with E-state index in [2.05, 4.69) is 15.1 Å². The summed E-state index contributed by atoms with van der Waals surface area (Å²) >= 11 is 2.83. The van der Waals surface area contributed by atoms with Crippen LogP contribution < -0.4 is 5.56 Å². The molecular formula is C11H10N4O2S2. The summed E-state index contributed by atoms with van der Waals surface area (Å²) in [5.74, 6) is 1.65. The van der Waals surface area contributed by atoms with E-state index < -0.39 is 0 Å². The predicted octanol–water partition coefficient (Wildman–Crippen LogP) is 1.98. The molecule has 0 aromatic carbocycles. The summed E-state index contributed by atoms with van der Waals surface area (Å²) in [5, 5.41) is 6.34. The highest BCUT2D eigenvalue weighted by Gasteiger charge is 2.11. The number of hydrogen-bond donors (Lipinski definition) is 0. The molecule has 0 unspecified atom stereocenters. The summed E-state index contributed by atoms with van der Waals surface area (Å²) in [7, 11) is 1.72. The van der Waals surface area contributed by atoms with Gasteiger partial charge in [0.1, 0.15) is 4.70 Å². The molecule has 3 heterocycles. The molecule has 0 fully saturated rings. The van der Waals surface area contributed by atoms with Gasteiger partial charge in [-0.25, -0.2) is 4.98 Å². The Kier molecular flexibility index (Phi) is 3.11. The average Bonchev–Trinajstić information content (AvgIpc) is 3.01. The van der Waals surface area contributed by atoms with Gasteiger partial charge in [0.15, 0.2) is 11.0 Å². The van der Waals surface area contributed by atoms with E-state index in [1.165, 1.54) is 23.1 Å². The van der Waals surface area contributed by atoms with Crippen LogP contribution in [-0.2, 0) is 12.8 Å². The maximum atomic E-state index is 12.1. The monoisotopic (exact) mass is 294 g/mol. The van der Waals surface area contributed by atoms with Gasteiger partial charge in [-0.15, -0.1) is 11.3 Å². The molecule has 19 heavy (non-hydrogen) atoms. The van der Waals surface area contributed by atoms with Crippen molar-refractivity contribution in [3.63, 3.8) is 0 Å². The van der Waals surface area contributed by atoms with Gasteiger partial charge in [-0.3, -0.25) is 9.36 Å². The fourth-order valence-corrected chi connectivity index (χ4v) is 3.25. The quantitative estimate of drug-likeness (QED) is 0.543. The minimum absolute atomic E-state index is 0.0215. The lowest BCUT2D eigenvalue weighted by Gasteiger charge is -2.05. The highest BCUT2D eigenvalue weighted by Crippen LogP contribution is 2.22. The fraction of sp³-hybridized carbons (Fsp3) is 0.273. The highest BCUT2D eigenvalue weighted by molar-refractivity contribution is 7.98. The molecule has 0 atom stereocenters. The molecule has 0 amide bonds. The van der Waals surface area contributed by atoms with Gasteiger partial charge in [0.25, 0.3) is 5.56 Å². The normalized spacial score (nSPS) is 11.3. The van der Waals surface area contributed by atoms with Crippen LogP contribution >= 0.6 is 23.1 Å². The Morgan fingerprint density at radius 1 is 1.47 bits per heavy atom. The number of aromatic nitrogens is 4. The van der Waals surface area contributed by atoms with Gasteiger partial charge < -0.3 is 4.52 Å². The van der Waals surface area contributed by atoms with Gasteiger partial charge in [0.05, 0.1) is 11.3 Å². The van der Waals surface area contributed by atoms with Gasteiger partial charge in [-0.2, -0.15) is 4.98 Å². The van der Waals surface area contributed by atoms with Gasteiger partial charge >= 0.3 is 0 Å². The van der Waals surface area contributed by atoms with E-state index in [9.17, 15) is 4.79 Å². The van der Waals surface area contributed by atoms with Gasteiger partial charge in [-0.05, 0) is 11.4 Å². The molecule has 0 aliphatic rings. The molecule has 8 heteroatoms. The first-order valence-corrected chi connectivity index (χ1v) is 7.38. The average molecular weight is 294 g/mol. The molecule has 0 bridgehead atoms. The van der Waals surface area contributed by atoms with Crippen LogP contribution in [0.3, 0.4) is 0 Å². The van der Waals surface area contributed by atoms with Crippen molar-refractivity contribution in [2.24, 2.45) is 7.05 Å². The van der Waals surface area contributed by atoms with Crippen molar-refractivity contribution < 1.29 is 4.52 Å². The smallest absolute Gasteiger partial charge is 0.271 e. The third-order valence-electron chi connectivity index (χ3n) is 2.55. The third-order valence-corrected chi connectivity index (χ3v) is 4.46. The molecule has 0 saturated heterocycles. The second-order valence-electron chi connectivity index (χ2n) is 3.91. The largest absolute Gasteiger partial charge is 0.340 e. The first-order valence-electron chi connectivity index (χ1n) is 5.51. The molecular weight excluding hydrogens is 284 g/mol. The van der Waals surface area contributed by atoms with Crippen molar-refractivity contribution in [1.29, 1.82) is 0 Å². The number of nitrogens with zero attached hydrogens (tertiary/aromatic N) is 4. The molecule has 0 spiro atoms. The van der Waals surface area contributed by atoms with Crippen LogP contribution in [0.25, 0.3) is 10.2 Å². The Bertz CT molecular complexity index is 789. The topological polar surface area (TPSA) is 73.8 Å². The standard InChI is InChI=1S/C11H10N4O2S2/c1-6-12-8(14-17-6)5-19-11-13-7-3-4-18-9(7)10(16)15(11)2/h3-4H,5H2,1-2H3. The number of hydrogen-bond acceptors (Lipinski definition) is 7. The second-order valence-corrected chi connectivity index (χ2v) is 5.77. The minimum Gasteiger partial charge on any atom is -0.340 e. The Labute approximate surface area is 116 Å². The Morgan fingerprint density at radius 2 is 2.32 bits per heavy atom. The van der Waals surface area contributed by atoms with E-state index in [0.29, 0.717) is 27.3 Å². The molecule has 3 rings (SSSR count). The lowest BCUT2D eigenvalue weighted by Crippen LogP contribution is -2.18. The molecule has 0 aliphatic heterocycles. The molecule has 0 radical (unpaired) electrons. The number of aryl methyl sites for hydroxylation is 1. The van der Waals surface area contributed by atoms with E-state index in [1.807, 2.05) is 11.4 Å². The van der Waals surface area contributed by atoms with Crippen LogP contribution in [0.15, 0.2) is 25.9 Å². The van der Waals surface area contributed by atoms with Crippen molar-refractivity contribution in [1.82, 2.24) is 19.7 Å². The second kappa shape index (κ2) is 4.78. The zero-order valence-electron chi connectivity index (χ0n) is 10.3. The van der Waals surface area contributed by atoms with E-state index in [4.69, 9.17) is 4.52 Å². The van der Waals surface area contributed by atoms with Crippen LogP contribution in [0.5, 0.6) is 0 Å². The van der Waals surface area contributed by atoms with Crippen LogP contribution in [-0.4, -0.2) is 19.7 Å². The summed E-state index contributed by atoms with van der Waals surface area (Å²) in [4.78, 5) is 20.7. The summed E-state index contributed by atoms with van der Waals surface area (Å²) in [6.45, 7) is 1.74. The van der Waals surface area contributed by atoms with E-state index >= 15 is 0 Å². The summed E-state index contributed by atoms with van der Waals surface area (Å²) in [5.41, 5.74) is 0.715. The maximum absolute atomic E-state index is 12.1. The molecule has 98 valence electrons. The Hall–Kier alpha value is -1.67. The van der Waals surface area contributed by atoms with E-state index in [1.54, 1.807) is 18.5 Å². The fourth-order valence-electron chi connectivity index (χ4n) is 1.63. The van der Waals surface area contributed by atoms with Crippen molar-refractivity contribution in [3.8, 4) is 0 Å². The number of thiophene rings is 1. The minimum atomic E-state index is -0.0215. The van der Waals surface area contributed by atoms with Crippen LogP contribution in [0.2, 0.25) is 0 Å².